The number of ketones is 1. The monoisotopic (exact) mass is 453 g/mol. The van der Waals surface area contributed by atoms with Crippen LogP contribution in [-0.4, -0.2) is 40.9 Å². The third-order valence-corrected chi connectivity index (χ3v) is 6.32. The number of aliphatic hydroxyl groups is 1. The van der Waals surface area contributed by atoms with Gasteiger partial charge in [-0.05, 0) is 36.5 Å². The molecule has 7 heteroatoms. The molecule has 176 valence electrons. The van der Waals surface area contributed by atoms with Crippen molar-refractivity contribution in [2.24, 2.45) is 11.8 Å². The van der Waals surface area contributed by atoms with Crippen molar-refractivity contribution in [3.05, 3.63) is 59.3 Å². The van der Waals surface area contributed by atoms with E-state index in [4.69, 9.17) is 14.9 Å². The number of carbonyl (C=O) groups is 3. The maximum Gasteiger partial charge on any atom is 0.319 e. The molecule has 1 saturated carbocycles. The van der Waals surface area contributed by atoms with Gasteiger partial charge in [-0.15, -0.1) is 0 Å². The molecular weight excluding hydrogens is 422 g/mol. The van der Waals surface area contributed by atoms with Crippen molar-refractivity contribution in [1.82, 2.24) is 0 Å². The Morgan fingerprint density at radius 1 is 1.21 bits per heavy atom. The van der Waals surface area contributed by atoms with E-state index in [1.54, 1.807) is 19.1 Å². The fourth-order valence-electron chi connectivity index (χ4n) is 4.56. The zero-order valence-corrected chi connectivity index (χ0v) is 19.2. The zero-order valence-electron chi connectivity index (χ0n) is 19.2. The van der Waals surface area contributed by atoms with Crippen LogP contribution in [0, 0.1) is 17.2 Å². The summed E-state index contributed by atoms with van der Waals surface area (Å²) in [5.74, 6) is -4.45. The Morgan fingerprint density at radius 3 is 2.52 bits per heavy atom. The zero-order chi connectivity index (χ0) is 24.2. The van der Waals surface area contributed by atoms with E-state index in [9.17, 15) is 19.5 Å². The molecule has 2 atom stereocenters. The molecule has 0 aromatic heterocycles. The van der Waals surface area contributed by atoms with Crippen LogP contribution in [0.2, 0.25) is 0 Å². The second kappa shape index (κ2) is 10.3. The molecule has 0 aliphatic heterocycles. The Bertz CT molecular complexity index is 992. The Balaban J connectivity index is 1.72. The third kappa shape index (κ3) is 5.47. The lowest BCUT2D eigenvalue weighted by atomic mass is 9.85. The van der Waals surface area contributed by atoms with Crippen LogP contribution in [0.1, 0.15) is 52.4 Å². The summed E-state index contributed by atoms with van der Waals surface area (Å²) < 4.78 is 10.0. The van der Waals surface area contributed by atoms with Gasteiger partial charge in [0.05, 0.1) is 12.3 Å². The van der Waals surface area contributed by atoms with Gasteiger partial charge in [0.15, 0.2) is 5.78 Å². The molecule has 0 spiro atoms. The molecule has 3 rings (SSSR count). The van der Waals surface area contributed by atoms with E-state index >= 15 is 0 Å². The van der Waals surface area contributed by atoms with Gasteiger partial charge in [-0.25, -0.2) is 0 Å². The first-order chi connectivity index (χ1) is 15.7. The highest BCUT2D eigenvalue weighted by atomic mass is 16.7. The summed E-state index contributed by atoms with van der Waals surface area (Å²) in [5, 5.41) is 19.4. The quantitative estimate of drug-likeness (QED) is 0.311. The molecule has 33 heavy (non-hydrogen) atoms. The van der Waals surface area contributed by atoms with Gasteiger partial charge in [0.25, 0.3) is 0 Å². The average Bonchev–Trinajstić information content (AvgIpc) is 3.41. The lowest BCUT2D eigenvalue weighted by Crippen LogP contribution is -2.45. The van der Waals surface area contributed by atoms with Gasteiger partial charge in [0, 0.05) is 24.5 Å². The van der Waals surface area contributed by atoms with Crippen molar-refractivity contribution >= 4 is 23.4 Å². The molecule has 7 nitrogen and oxygen atoms in total. The van der Waals surface area contributed by atoms with Gasteiger partial charge in [-0.1, -0.05) is 56.6 Å². The van der Waals surface area contributed by atoms with Crippen molar-refractivity contribution in [3.63, 3.8) is 0 Å². The highest BCUT2D eigenvalue weighted by Crippen LogP contribution is 2.35. The minimum Gasteiger partial charge on any atom is -0.465 e. The predicted octanol–water partition coefficient (Wildman–Crippen LogP) is 3.90. The normalized spacial score (nSPS) is 24.8. The molecule has 0 amide bonds. The Morgan fingerprint density at radius 2 is 1.88 bits per heavy atom. The van der Waals surface area contributed by atoms with E-state index in [1.165, 1.54) is 43.9 Å². The highest BCUT2D eigenvalue weighted by molar-refractivity contribution is 6.19. The van der Waals surface area contributed by atoms with E-state index < -0.39 is 23.6 Å². The van der Waals surface area contributed by atoms with E-state index in [0.717, 1.165) is 13.3 Å². The summed E-state index contributed by atoms with van der Waals surface area (Å²) in [5.41, 5.74) is 1.82. The number of allylic oxidation sites excluding steroid dienone is 7. The molecule has 3 aliphatic carbocycles. The first kappa shape index (κ1) is 24.6. The van der Waals surface area contributed by atoms with Crippen molar-refractivity contribution in [1.29, 1.82) is 5.41 Å². The molecule has 2 unspecified atom stereocenters. The number of esters is 2. The molecule has 0 aromatic carbocycles. The first-order valence-corrected chi connectivity index (χ1v) is 11.4. The Labute approximate surface area is 194 Å². The van der Waals surface area contributed by atoms with E-state index in [2.05, 4.69) is 6.58 Å². The standard InChI is InChI=1S/C26H31NO6/c1-4-32-25(30)22-15-19(13-14-26(22,31)33-17(3)28)24(27)21-11-10-20(16(21)2)23(29)12-9-18-7-5-6-8-18/h10-11,13-15,18,22,27,31H,2,4-9,12H2,1,3H3. The predicted molar refractivity (Wildman–Crippen MR) is 123 cm³/mol. The smallest absolute Gasteiger partial charge is 0.319 e. The van der Waals surface area contributed by atoms with Crippen molar-refractivity contribution in [3.8, 4) is 0 Å². The lowest BCUT2D eigenvalue weighted by molar-refractivity contribution is -0.207. The van der Waals surface area contributed by atoms with Crippen LogP contribution >= 0.6 is 0 Å². The number of hydrogen-bond donors (Lipinski definition) is 2. The fourth-order valence-corrected chi connectivity index (χ4v) is 4.56. The molecule has 3 aliphatic rings. The topological polar surface area (TPSA) is 114 Å². The van der Waals surface area contributed by atoms with Crippen molar-refractivity contribution in [2.75, 3.05) is 6.61 Å². The summed E-state index contributed by atoms with van der Waals surface area (Å²) in [6.07, 6.45) is 13.5. The van der Waals surface area contributed by atoms with Gasteiger partial charge in [0.1, 0.15) is 5.92 Å². The SMILES string of the molecule is C=C1C(C(=N)C2=CC(C(=O)OCC)C(O)(OC(C)=O)C=C2)=CC=C1C(=O)CCC1CCCC1. The summed E-state index contributed by atoms with van der Waals surface area (Å²) in [4.78, 5) is 36.7. The van der Waals surface area contributed by atoms with Crippen molar-refractivity contribution < 1.29 is 29.0 Å². The molecule has 0 bridgehead atoms. The molecule has 0 saturated heterocycles. The van der Waals surface area contributed by atoms with Crippen LogP contribution in [0.25, 0.3) is 0 Å². The summed E-state index contributed by atoms with van der Waals surface area (Å²) in [7, 11) is 0. The largest absolute Gasteiger partial charge is 0.465 e. The molecule has 1 fully saturated rings. The minimum absolute atomic E-state index is 0.0211. The molecule has 0 radical (unpaired) electrons. The van der Waals surface area contributed by atoms with Crippen LogP contribution in [0.15, 0.2) is 59.3 Å². The molecule has 0 aromatic rings. The summed E-state index contributed by atoms with van der Waals surface area (Å²) in [6.45, 7) is 6.85. The summed E-state index contributed by atoms with van der Waals surface area (Å²) in [6, 6.07) is 0. The Hall–Kier alpha value is -3.06. The van der Waals surface area contributed by atoms with Gasteiger partial charge >= 0.3 is 11.9 Å². The minimum atomic E-state index is -2.21. The third-order valence-electron chi connectivity index (χ3n) is 6.32. The molecule has 0 heterocycles. The average molecular weight is 454 g/mol. The van der Waals surface area contributed by atoms with Crippen LogP contribution < -0.4 is 0 Å². The van der Waals surface area contributed by atoms with E-state index in [0.29, 0.717) is 34.6 Å². The maximum atomic E-state index is 12.8. The Kier molecular flexibility index (Phi) is 7.64. The van der Waals surface area contributed by atoms with Crippen LogP contribution in [-0.2, 0) is 23.9 Å². The number of carbonyl (C=O) groups excluding carboxylic acids is 3. The van der Waals surface area contributed by atoms with Crippen LogP contribution in [0.5, 0.6) is 0 Å². The first-order valence-electron chi connectivity index (χ1n) is 11.4. The number of nitrogens with one attached hydrogen (secondary N) is 1. The highest BCUT2D eigenvalue weighted by Gasteiger charge is 2.45. The van der Waals surface area contributed by atoms with Gasteiger partial charge < -0.3 is 14.6 Å². The van der Waals surface area contributed by atoms with Crippen molar-refractivity contribution in [2.45, 2.75) is 58.2 Å². The van der Waals surface area contributed by atoms with Gasteiger partial charge in [-0.3, -0.25) is 19.8 Å². The number of rotatable bonds is 9. The maximum absolute atomic E-state index is 12.8. The number of Topliss-reactive ketones (excluding diaryl/α,β-unsaturated/α-hetero) is 1. The lowest BCUT2D eigenvalue weighted by Gasteiger charge is -2.32. The van der Waals surface area contributed by atoms with Crippen LogP contribution in [0.3, 0.4) is 0 Å². The van der Waals surface area contributed by atoms with Gasteiger partial charge in [0.2, 0.25) is 5.79 Å². The molecular formula is C26H31NO6. The summed E-state index contributed by atoms with van der Waals surface area (Å²) >= 11 is 0. The van der Waals surface area contributed by atoms with Crippen LogP contribution in [0.4, 0.5) is 0 Å². The number of hydrogen-bond acceptors (Lipinski definition) is 7. The van der Waals surface area contributed by atoms with Gasteiger partial charge in [-0.2, -0.15) is 0 Å². The van der Waals surface area contributed by atoms with E-state index in [1.807, 2.05) is 0 Å². The number of ether oxygens (including phenoxy) is 2. The second-order valence-corrected chi connectivity index (χ2v) is 8.66. The van der Waals surface area contributed by atoms with E-state index in [-0.39, 0.29) is 18.1 Å². The second-order valence-electron chi connectivity index (χ2n) is 8.66. The fraction of sp³-hybridized carbons (Fsp3) is 0.462. The molecule has 2 N–H and O–H groups in total.